The number of hydrogen-bond donors (Lipinski definition) is 0. The first-order valence-corrected chi connectivity index (χ1v) is 4.82. The van der Waals surface area contributed by atoms with E-state index in [1.54, 1.807) is 6.07 Å². The molecule has 1 aromatic carbocycles. The molecule has 0 heterocycles. The number of rotatable bonds is 3. The van der Waals surface area contributed by atoms with Gasteiger partial charge in [-0.3, -0.25) is 4.79 Å². The minimum Gasteiger partial charge on any atom is -0.494 e. The summed E-state index contributed by atoms with van der Waals surface area (Å²) in [5, 5.41) is 8.78. The molecule has 0 aliphatic heterocycles. The lowest BCUT2D eigenvalue weighted by Gasteiger charge is -2.14. The van der Waals surface area contributed by atoms with Crippen molar-refractivity contribution in [3.05, 3.63) is 29.3 Å². The van der Waals surface area contributed by atoms with E-state index in [4.69, 9.17) is 5.26 Å². The van der Waals surface area contributed by atoms with Crippen molar-refractivity contribution < 1.29 is 18.3 Å². The Balaban J connectivity index is 3.31. The standard InChI is InChI=1S/C12H11F2NO2/c1-12(2,6-15)11(16)7-4-9(14)10(17-3)5-8(7)13/h4-5H,1-3H3. The summed E-state index contributed by atoms with van der Waals surface area (Å²) in [6, 6.07) is 3.28. The first-order chi connectivity index (χ1) is 7.83. The lowest BCUT2D eigenvalue weighted by molar-refractivity contribution is 0.0887. The molecule has 0 saturated carbocycles. The Morgan fingerprint density at radius 2 is 1.94 bits per heavy atom. The maximum Gasteiger partial charge on any atom is 0.185 e. The molecule has 5 heteroatoms. The Labute approximate surface area is 97.6 Å². The predicted molar refractivity (Wildman–Crippen MR) is 56.6 cm³/mol. The molecule has 1 rings (SSSR count). The first-order valence-electron chi connectivity index (χ1n) is 4.82. The van der Waals surface area contributed by atoms with Crippen LogP contribution < -0.4 is 4.74 Å². The molecule has 17 heavy (non-hydrogen) atoms. The Bertz CT molecular complexity index is 504. The van der Waals surface area contributed by atoms with Gasteiger partial charge >= 0.3 is 0 Å². The van der Waals surface area contributed by atoms with Crippen LogP contribution in [0.25, 0.3) is 0 Å². The van der Waals surface area contributed by atoms with Crippen LogP contribution in [0, 0.1) is 28.4 Å². The van der Waals surface area contributed by atoms with Crippen LogP contribution in [0.5, 0.6) is 5.75 Å². The molecule has 0 N–H and O–H groups in total. The highest BCUT2D eigenvalue weighted by Crippen LogP contribution is 2.27. The number of ketones is 1. The summed E-state index contributed by atoms with van der Waals surface area (Å²) in [5.74, 6) is -2.80. The molecule has 0 aromatic heterocycles. The van der Waals surface area contributed by atoms with Crippen molar-refractivity contribution in [1.82, 2.24) is 0 Å². The molecule has 3 nitrogen and oxygen atoms in total. The van der Waals surface area contributed by atoms with Crippen molar-refractivity contribution >= 4 is 5.78 Å². The highest BCUT2D eigenvalue weighted by molar-refractivity contribution is 6.02. The number of nitriles is 1. The summed E-state index contributed by atoms with van der Waals surface area (Å²) in [6.07, 6.45) is 0. The predicted octanol–water partition coefficient (Wildman–Crippen LogP) is 2.71. The van der Waals surface area contributed by atoms with Gasteiger partial charge in [0.2, 0.25) is 0 Å². The largest absolute Gasteiger partial charge is 0.494 e. The Hall–Kier alpha value is -1.96. The van der Waals surface area contributed by atoms with Gasteiger partial charge in [-0.15, -0.1) is 0 Å². The number of Topliss-reactive ketones (excluding diaryl/α,β-unsaturated/α-hetero) is 1. The highest BCUT2D eigenvalue weighted by atomic mass is 19.1. The highest BCUT2D eigenvalue weighted by Gasteiger charge is 2.31. The van der Waals surface area contributed by atoms with E-state index in [0.717, 1.165) is 12.1 Å². The molecule has 0 unspecified atom stereocenters. The number of carbonyl (C=O) groups excluding carboxylic acids is 1. The molecule has 0 aliphatic rings. The smallest absolute Gasteiger partial charge is 0.185 e. The minimum absolute atomic E-state index is 0.284. The summed E-state index contributed by atoms with van der Waals surface area (Å²) in [6.45, 7) is 2.69. The molecule has 0 amide bonds. The summed E-state index contributed by atoms with van der Waals surface area (Å²) in [4.78, 5) is 11.8. The summed E-state index contributed by atoms with van der Waals surface area (Å²) >= 11 is 0. The van der Waals surface area contributed by atoms with Gasteiger partial charge < -0.3 is 4.74 Å². The molecular weight excluding hydrogens is 228 g/mol. The summed E-state index contributed by atoms with van der Waals surface area (Å²) in [5.41, 5.74) is -1.85. The van der Waals surface area contributed by atoms with E-state index < -0.39 is 28.4 Å². The summed E-state index contributed by atoms with van der Waals surface area (Å²) in [7, 11) is 1.19. The van der Waals surface area contributed by atoms with Gasteiger partial charge in [0.15, 0.2) is 17.3 Å². The maximum absolute atomic E-state index is 13.6. The Morgan fingerprint density at radius 3 is 2.41 bits per heavy atom. The second-order valence-corrected chi connectivity index (χ2v) is 4.03. The fourth-order valence-electron chi connectivity index (χ4n) is 1.25. The topological polar surface area (TPSA) is 50.1 Å². The van der Waals surface area contributed by atoms with Crippen molar-refractivity contribution in [1.29, 1.82) is 5.26 Å². The molecule has 0 atom stereocenters. The van der Waals surface area contributed by atoms with Crippen molar-refractivity contribution in [2.75, 3.05) is 7.11 Å². The third-order valence-corrected chi connectivity index (χ3v) is 2.33. The Morgan fingerprint density at radius 1 is 1.35 bits per heavy atom. The van der Waals surface area contributed by atoms with E-state index in [0.29, 0.717) is 0 Å². The van der Waals surface area contributed by atoms with E-state index >= 15 is 0 Å². The molecule has 0 bridgehead atoms. The normalized spacial score (nSPS) is 10.8. The van der Waals surface area contributed by atoms with Crippen LogP contribution in [0.3, 0.4) is 0 Å². The van der Waals surface area contributed by atoms with Crippen molar-refractivity contribution in [2.45, 2.75) is 13.8 Å². The van der Waals surface area contributed by atoms with Crippen LogP contribution >= 0.6 is 0 Å². The molecule has 0 radical (unpaired) electrons. The van der Waals surface area contributed by atoms with Gasteiger partial charge in [-0.25, -0.2) is 8.78 Å². The monoisotopic (exact) mass is 239 g/mol. The van der Waals surface area contributed by atoms with Crippen molar-refractivity contribution in [2.24, 2.45) is 5.41 Å². The molecule has 0 spiro atoms. The number of ether oxygens (including phenoxy) is 1. The molecular formula is C12H11F2NO2. The van der Waals surface area contributed by atoms with Crippen LogP contribution in [0.1, 0.15) is 24.2 Å². The lowest BCUT2D eigenvalue weighted by Crippen LogP contribution is -2.23. The quantitative estimate of drug-likeness (QED) is 0.762. The van der Waals surface area contributed by atoms with Crippen molar-refractivity contribution in [3.8, 4) is 11.8 Å². The zero-order chi connectivity index (χ0) is 13.2. The minimum atomic E-state index is -1.40. The van der Waals surface area contributed by atoms with Crippen LogP contribution in [0.4, 0.5) is 8.78 Å². The number of nitrogens with zero attached hydrogens (tertiary/aromatic N) is 1. The molecule has 0 saturated heterocycles. The Kier molecular flexibility index (Phi) is 3.47. The second kappa shape index (κ2) is 4.50. The fourth-order valence-corrected chi connectivity index (χ4v) is 1.25. The molecule has 1 aromatic rings. The third-order valence-electron chi connectivity index (χ3n) is 2.33. The lowest BCUT2D eigenvalue weighted by atomic mass is 9.85. The number of methoxy groups -OCH3 is 1. The van der Waals surface area contributed by atoms with Gasteiger partial charge in [0.05, 0.1) is 18.7 Å². The van der Waals surface area contributed by atoms with Gasteiger partial charge in [-0.1, -0.05) is 0 Å². The van der Waals surface area contributed by atoms with E-state index in [1.165, 1.54) is 21.0 Å². The van der Waals surface area contributed by atoms with E-state index in [-0.39, 0.29) is 5.75 Å². The van der Waals surface area contributed by atoms with E-state index in [2.05, 4.69) is 4.74 Å². The number of hydrogen-bond acceptors (Lipinski definition) is 3. The second-order valence-electron chi connectivity index (χ2n) is 4.03. The van der Waals surface area contributed by atoms with E-state index in [1.807, 2.05) is 0 Å². The fraction of sp³-hybridized carbons (Fsp3) is 0.333. The average Bonchev–Trinajstić information content (AvgIpc) is 2.30. The molecule has 0 fully saturated rings. The van der Waals surface area contributed by atoms with Gasteiger partial charge in [0, 0.05) is 6.07 Å². The van der Waals surface area contributed by atoms with E-state index in [9.17, 15) is 13.6 Å². The van der Waals surface area contributed by atoms with Crippen LogP contribution in [-0.2, 0) is 0 Å². The van der Waals surface area contributed by atoms with Crippen LogP contribution in [0.15, 0.2) is 12.1 Å². The van der Waals surface area contributed by atoms with Gasteiger partial charge in [0.1, 0.15) is 11.2 Å². The zero-order valence-corrected chi connectivity index (χ0v) is 9.67. The van der Waals surface area contributed by atoms with Gasteiger partial charge in [0.25, 0.3) is 0 Å². The molecule has 0 aliphatic carbocycles. The van der Waals surface area contributed by atoms with Crippen molar-refractivity contribution in [3.63, 3.8) is 0 Å². The number of carbonyl (C=O) groups is 1. The maximum atomic E-state index is 13.6. The SMILES string of the molecule is COc1cc(F)c(C(=O)C(C)(C)C#N)cc1F. The molecule has 90 valence electrons. The van der Waals surface area contributed by atoms with Gasteiger partial charge in [-0.05, 0) is 19.9 Å². The van der Waals surface area contributed by atoms with Crippen LogP contribution in [-0.4, -0.2) is 12.9 Å². The summed E-state index contributed by atoms with van der Waals surface area (Å²) < 4.78 is 31.5. The van der Waals surface area contributed by atoms with Gasteiger partial charge in [-0.2, -0.15) is 5.26 Å². The number of benzene rings is 1. The van der Waals surface area contributed by atoms with Crippen LogP contribution in [0.2, 0.25) is 0 Å². The zero-order valence-electron chi connectivity index (χ0n) is 9.67. The number of halogens is 2. The third kappa shape index (κ3) is 2.41. The average molecular weight is 239 g/mol. The first kappa shape index (κ1) is 13.1.